The molecule has 108 valence electrons. The van der Waals surface area contributed by atoms with Crippen LogP contribution in [0.25, 0.3) is 0 Å². The van der Waals surface area contributed by atoms with E-state index in [1.165, 1.54) is 11.8 Å². The molecule has 0 N–H and O–H groups in total. The Hall–Kier alpha value is -0.520. The van der Waals surface area contributed by atoms with Gasteiger partial charge in [0, 0.05) is 24.7 Å². The van der Waals surface area contributed by atoms with Crippen LogP contribution in [0.15, 0.2) is 11.2 Å². The van der Waals surface area contributed by atoms with E-state index in [-0.39, 0.29) is 0 Å². The molecule has 0 atom stereocenters. The van der Waals surface area contributed by atoms with Gasteiger partial charge < -0.3 is 4.74 Å². The molecule has 1 aromatic heterocycles. The van der Waals surface area contributed by atoms with Crippen molar-refractivity contribution in [1.82, 2.24) is 14.9 Å². The van der Waals surface area contributed by atoms with Crippen molar-refractivity contribution >= 4 is 23.4 Å². The molecule has 0 saturated heterocycles. The van der Waals surface area contributed by atoms with Crippen molar-refractivity contribution < 1.29 is 4.74 Å². The first-order valence-electron chi connectivity index (χ1n) is 6.41. The van der Waals surface area contributed by atoms with Gasteiger partial charge in [0.1, 0.15) is 11.8 Å². The molecule has 0 radical (unpaired) electrons. The summed E-state index contributed by atoms with van der Waals surface area (Å²) in [6.07, 6.45) is 1.91. The highest BCUT2D eigenvalue weighted by Crippen LogP contribution is 2.18. The van der Waals surface area contributed by atoms with Crippen molar-refractivity contribution in [3.63, 3.8) is 0 Å². The molecular formula is C13H22ClN3OS. The molecule has 19 heavy (non-hydrogen) atoms. The van der Waals surface area contributed by atoms with Crippen LogP contribution in [-0.4, -0.2) is 46.4 Å². The van der Waals surface area contributed by atoms with Crippen molar-refractivity contribution in [1.29, 1.82) is 0 Å². The smallest absolute Gasteiger partial charge is 0.218 e. The van der Waals surface area contributed by atoms with Gasteiger partial charge >= 0.3 is 0 Å². The Bertz CT molecular complexity index is 393. The molecule has 0 unspecified atom stereocenters. The molecule has 1 aromatic rings. The first-order valence-corrected chi connectivity index (χ1v) is 8.01. The van der Waals surface area contributed by atoms with Crippen LogP contribution < -0.4 is 4.74 Å². The van der Waals surface area contributed by atoms with Crippen LogP contribution in [0, 0.1) is 0 Å². The van der Waals surface area contributed by atoms with Crippen molar-refractivity contribution in [2.24, 2.45) is 0 Å². The van der Waals surface area contributed by atoms with Crippen LogP contribution in [0.2, 0.25) is 5.15 Å². The number of nitrogens with zero attached hydrogens (tertiary/aromatic N) is 3. The summed E-state index contributed by atoms with van der Waals surface area (Å²) in [5.41, 5.74) is 0. The summed E-state index contributed by atoms with van der Waals surface area (Å²) in [7, 11) is 0. The maximum Gasteiger partial charge on any atom is 0.218 e. The maximum atomic E-state index is 5.92. The van der Waals surface area contributed by atoms with Crippen LogP contribution in [0.1, 0.15) is 27.7 Å². The standard InChI is InChI=1S/C13H22ClN3OS/c1-9(2)17(10(3)4)6-7-18-12-8-11(14)15-13(16-12)19-5/h8-10H,6-7H2,1-5H3. The Morgan fingerprint density at radius 2 is 1.89 bits per heavy atom. The van der Waals surface area contributed by atoms with Gasteiger partial charge in [-0.15, -0.1) is 0 Å². The van der Waals surface area contributed by atoms with Gasteiger partial charge in [0.05, 0.1) is 0 Å². The van der Waals surface area contributed by atoms with Crippen molar-refractivity contribution in [3.8, 4) is 5.88 Å². The SMILES string of the molecule is CSc1nc(Cl)cc(OCCN(C(C)C)C(C)C)n1. The van der Waals surface area contributed by atoms with E-state index in [1.807, 2.05) is 6.26 Å². The Morgan fingerprint density at radius 1 is 1.26 bits per heavy atom. The summed E-state index contributed by atoms with van der Waals surface area (Å²) >= 11 is 7.37. The van der Waals surface area contributed by atoms with Gasteiger partial charge in [-0.25, -0.2) is 4.98 Å². The Kier molecular flexibility index (Phi) is 6.89. The average molecular weight is 304 g/mol. The molecular weight excluding hydrogens is 282 g/mol. The first kappa shape index (κ1) is 16.5. The normalized spacial score (nSPS) is 11.6. The zero-order chi connectivity index (χ0) is 14.4. The summed E-state index contributed by atoms with van der Waals surface area (Å²) in [4.78, 5) is 10.7. The number of ether oxygens (including phenoxy) is 1. The highest BCUT2D eigenvalue weighted by molar-refractivity contribution is 7.98. The number of hydrogen-bond donors (Lipinski definition) is 0. The monoisotopic (exact) mass is 303 g/mol. The number of rotatable bonds is 7. The molecule has 0 bridgehead atoms. The summed E-state index contributed by atoms with van der Waals surface area (Å²) in [5, 5.41) is 1.05. The summed E-state index contributed by atoms with van der Waals surface area (Å²) in [5.74, 6) is 0.539. The lowest BCUT2D eigenvalue weighted by molar-refractivity contribution is 0.139. The molecule has 0 fully saturated rings. The maximum absolute atomic E-state index is 5.92. The lowest BCUT2D eigenvalue weighted by atomic mass is 10.2. The lowest BCUT2D eigenvalue weighted by Gasteiger charge is -2.30. The quantitative estimate of drug-likeness (QED) is 0.439. The largest absolute Gasteiger partial charge is 0.476 e. The number of aromatic nitrogens is 2. The lowest BCUT2D eigenvalue weighted by Crippen LogP contribution is -2.39. The van der Waals surface area contributed by atoms with E-state index in [0.717, 1.165) is 6.54 Å². The van der Waals surface area contributed by atoms with Gasteiger partial charge in [-0.05, 0) is 34.0 Å². The van der Waals surface area contributed by atoms with E-state index in [1.54, 1.807) is 6.07 Å². The summed E-state index contributed by atoms with van der Waals surface area (Å²) in [6.45, 7) is 10.2. The van der Waals surface area contributed by atoms with Crippen LogP contribution in [0.5, 0.6) is 5.88 Å². The minimum atomic E-state index is 0.416. The summed E-state index contributed by atoms with van der Waals surface area (Å²) < 4.78 is 5.67. The minimum Gasteiger partial charge on any atom is -0.476 e. The fourth-order valence-corrected chi connectivity index (χ4v) is 2.51. The molecule has 1 rings (SSSR count). The van der Waals surface area contributed by atoms with Crippen molar-refractivity contribution in [2.75, 3.05) is 19.4 Å². The first-order chi connectivity index (χ1) is 8.93. The number of thioether (sulfide) groups is 1. The summed E-state index contributed by atoms with van der Waals surface area (Å²) in [6, 6.07) is 2.65. The van der Waals surface area contributed by atoms with Crippen LogP contribution in [0.3, 0.4) is 0 Å². The van der Waals surface area contributed by atoms with E-state index in [2.05, 4.69) is 42.6 Å². The van der Waals surface area contributed by atoms with Crippen molar-refractivity contribution in [3.05, 3.63) is 11.2 Å². The van der Waals surface area contributed by atoms with E-state index in [9.17, 15) is 0 Å². The second-order valence-electron chi connectivity index (χ2n) is 4.79. The van der Waals surface area contributed by atoms with Gasteiger partial charge in [0.2, 0.25) is 5.88 Å². The Morgan fingerprint density at radius 3 is 2.42 bits per heavy atom. The van der Waals surface area contributed by atoms with Gasteiger partial charge in [-0.3, -0.25) is 4.90 Å². The van der Waals surface area contributed by atoms with Gasteiger partial charge in [-0.2, -0.15) is 4.98 Å². The van der Waals surface area contributed by atoms with Gasteiger partial charge in [-0.1, -0.05) is 23.4 Å². The second kappa shape index (κ2) is 7.92. The predicted molar refractivity (Wildman–Crippen MR) is 81.3 cm³/mol. The third-order valence-electron chi connectivity index (χ3n) is 2.76. The topological polar surface area (TPSA) is 38.2 Å². The van der Waals surface area contributed by atoms with Gasteiger partial charge in [0.15, 0.2) is 5.16 Å². The number of halogens is 1. The second-order valence-corrected chi connectivity index (χ2v) is 5.95. The minimum absolute atomic E-state index is 0.416. The van der Waals surface area contributed by atoms with Crippen LogP contribution in [-0.2, 0) is 0 Å². The number of hydrogen-bond acceptors (Lipinski definition) is 5. The van der Waals surface area contributed by atoms with Crippen LogP contribution >= 0.6 is 23.4 Å². The predicted octanol–water partition coefficient (Wildman–Crippen LogP) is 3.35. The average Bonchev–Trinajstić information content (AvgIpc) is 2.32. The van der Waals surface area contributed by atoms with E-state index >= 15 is 0 Å². The molecule has 1 heterocycles. The van der Waals surface area contributed by atoms with E-state index < -0.39 is 0 Å². The molecule has 0 amide bonds. The van der Waals surface area contributed by atoms with Crippen molar-refractivity contribution in [2.45, 2.75) is 44.9 Å². The molecule has 6 heteroatoms. The zero-order valence-electron chi connectivity index (χ0n) is 12.2. The van der Waals surface area contributed by atoms with Crippen LogP contribution in [0.4, 0.5) is 0 Å². The van der Waals surface area contributed by atoms with E-state index in [0.29, 0.717) is 34.9 Å². The van der Waals surface area contributed by atoms with Gasteiger partial charge in [0.25, 0.3) is 0 Å². The molecule has 4 nitrogen and oxygen atoms in total. The third kappa shape index (κ3) is 5.55. The fraction of sp³-hybridized carbons (Fsp3) is 0.692. The fourth-order valence-electron chi connectivity index (χ4n) is 1.91. The molecule has 0 saturated carbocycles. The molecule has 0 aliphatic carbocycles. The van der Waals surface area contributed by atoms with E-state index in [4.69, 9.17) is 16.3 Å². The third-order valence-corrected chi connectivity index (χ3v) is 3.50. The Labute approximate surface area is 124 Å². The zero-order valence-corrected chi connectivity index (χ0v) is 13.8. The highest BCUT2D eigenvalue weighted by atomic mass is 35.5. The molecule has 0 aliphatic heterocycles. The Balaban J connectivity index is 2.55. The molecule has 0 spiro atoms. The molecule has 0 aliphatic rings. The molecule has 0 aromatic carbocycles. The highest BCUT2D eigenvalue weighted by Gasteiger charge is 2.13.